The SMILES string of the molecule is CCOC(C(Cc1nccs1)NC)C(C)(C)C. The van der Waals surface area contributed by atoms with E-state index in [2.05, 4.69) is 38.0 Å². The second-order valence-corrected chi connectivity index (χ2v) is 6.25. The van der Waals surface area contributed by atoms with Crippen LogP contribution in [-0.2, 0) is 11.2 Å². The fourth-order valence-electron chi connectivity index (χ4n) is 2.05. The Hall–Kier alpha value is -0.450. The molecule has 0 fully saturated rings. The molecule has 0 aliphatic carbocycles. The molecule has 0 aliphatic rings. The van der Waals surface area contributed by atoms with E-state index in [1.54, 1.807) is 11.3 Å². The molecule has 1 N–H and O–H groups in total. The Balaban J connectivity index is 2.74. The Morgan fingerprint density at radius 3 is 2.59 bits per heavy atom. The van der Waals surface area contributed by atoms with Crippen LogP contribution in [0.15, 0.2) is 11.6 Å². The zero-order valence-electron chi connectivity index (χ0n) is 11.5. The first-order valence-corrected chi connectivity index (χ1v) is 7.04. The summed E-state index contributed by atoms with van der Waals surface area (Å²) < 4.78 is 5.92. The average molecular weight is 256 g/mol. The molecule has 1 aromatic heterocycles. The summed E-state index contributed by atoms with van der Waals surface area (Å²) in [7, 11) is 2.00. The van der Waals surface area contributed by atoms with E-state index in [9.17, 15) is 0 Å². The quantitative estimate of drug-likeness (QED) is 0.850. The standard InChI is InChI=1S/C13H24N2OS/c1-6-16-12(13(2,3)4)10(14-5)9-11-15-7-8-17-11/h7-8,10,12,14H,6,9H2,1-5H3. The summed E-state index contributed by atoms with van der Waals surface area (Å²) in [6.45, 7) is 9.46. The van der Waals surface area contributed by atoms with Gasteiger partial charge in [-0.05, 0) is 19.4 Å². The monoisotopic (exact) mass is 256 g/mol. The molecular formula is C13H24N2OS. The maximum Gasteiger partial charge on any atom is 0.0941 e. The van der Waals surface area contributed by atoms with Crippen molar-refractivity contribution >= 4 is 11.3 Å². The van der Waals surface area contributed by atoms with E-state index >= 15 is 0 Å². The minimum Gasteiger partial charge on any atom is -0.376 e. The van der Waals surface area contributed by atoms with Gasteiger partial charge in [-0.25, -0.2) is 4.98 Å². The van der Waals surface area contributed by atoms with E-state index in [0.29, 0.717) is 6.04 Å². The maximum absolute atomic E-state index is 5.92. The van der Waals surface area contributed by atoms with Crippen LogP contribution in [0.4, 0.5) is 0 Å². The van der Waals surface area contributed by atoms with Gasteiger partial charge in [0.25, 0.3) is 0 Å². The van der Waals surface area contributed by atoms with Gasteiger partial charge >= 0.3 is 0 Å². The molecule has 0 bridgehead atoms. The van der Waals surface area contributed by atoms with Gasteiger partial charge in [0, 0.05) is 30.6 Å². The molecule has 3 nitrogen and oxygen atoms in total. The first-order valence-electron chi connectivity index (χ1n) is 6.16. The number of nitrogens with one attached hydrogen (secondary N) is 1. The van der Waals surface area contributed by atoms with Crippen molar-refractivity contribution in [2.24, 2.45) is 5.41 Å². The molecule has 0 radical (unpaired) electrons. The van der Waals surface area contributed by atoms with Crippen LogP contribution in [0.2, 0.25) is 0 Å². The molecule has 2 unspecified atom stereocenters. The summed E-state index contributed by atoms with van der Waals surface area (Å²) >= 11 is 1.71. The zero-order valence-corrected chi connectivity index (χ0v) is 12.3. The Kier molecular flexibility index (Phi) is 5.56. The van der Waals surface area contributed by atoms with Gasteiger partial charge in [0.2, 0.25) is 0 Å². The summed E-state index contributed by atoms with van der Waals surface area (Å²) in [5.74, 6) is 0. The smallest absolute Gasteiger partial charge is 0.0941 e. The molecule has 0 spiro atoms. The second-order valence-electron chi connectivity index (χ2n) is 5.27. The van der Waals surface area contributed by atoms with Gasteiger partial charge in [-0.15, -0.1) is 11.3 Å². The lowest BCUT2D eigenvalue weighted by Gasteiger charge is -2.36. The fraction of sp³-hybridized carbons (Fsp3) is 0.769. The largest absolute Gasteiger partial charge is 0.376 e. The maximum atomic E-state index is 5.92. The van der Waals surface area contributed by atoms with Gasteiger partial charge in [0.1, 0.15) is 0 Å². The van der Waals surface area contributed by atoms with E-state index in [0.717, 1.165) is 13.0 Å². The molecule has 1 aromatic rings. The molecule has 4 heteroatoms. The number of likely N-dealkylation sites (N-methyl/N-ethyl adjacent to an activating group) is 1. The molecule has 2 atom stereocenters. The number of thiazole rings is 1. The predicted molar refractivity (Wildman–Crippen MR) is 73.5 cm³/mol. The lowest BCUT2D eigenvalue weighted by Crippen LogP contribution is -2.48. The van der Waals surface area contributed by atoms with Crippen LogP contribution < -0.4 is 5.32 Å². The number of aromatic nitrogens is 1. The Morgan fingerprint density at radius 1 is 1.47 bits per heavy atom. The van der Waals surface area contributed by atoms with Crippen molar-refractivity contribution in [1.82, 2.24) is 10.3 Å². The molecule has 0 saturated carbocycles. The minimum absolute atomic E-state index is 0.126. The molecule has 1 heterocycles. The zero-order chi connectivity index (χ0) is 12.9. The summed E-state index contributed by atoms with van der Waals surface area (Å²) in [4.78, 5) is 4.35. The van der Waals surface area contributed by atoms with Crippen LogP contribution in [0.3, 0.4) is 0 Å². The van der Waals surface area contributed by atoms with Gasteiger partial charge < -0.3 is 10.1 Å². The summed E-state index contributed by atoms with van der Waals surface area (Å²) in [6, 6.07) is 0.307. The van der Waals surface area contributed by atoms with Crippen LogP contribution in [-0.4, -0.2) is 30.8 Å². The highest BCUT2D eigenvalue weighted by atomic mass is 32.1. The molecular weight excluding hydrogens is 232 g/mol. The summed E-state index contributed by atoms with van der Waals surface area (Å²) in [5.41, 5.74) is 0.126. The first kappa shape index (κ1) is 14.6. The van der Waals surface area contributed by atoms with Crippen LogP contribution in [0, 0.1) is 5.41 Å². The third-order valence-electron chi connectivity index (χ3n) is 2.81. The number of hydrogen-bond acceptors (Lipinski definition) is 4. The second kappa shape index (κ2) is 6.47. The predicted octanol–water partition coefficient (Wildman–Crippen LogP) is 2.72. The van der Waals surface area contributed by atoms with Crippen LogP contribution in [0.1, 0.15) is 32.7 Å². The molecule has 1 rings (SSSR count). The van der Waals surface area contributed by atoms with E-state index in [4.69, 9.17) is 4.74 Å². The molecule has 98 valence electrons. The van der Waals surface area contributed by atoms with Gasteiger partial charge in [0.15, 0.2) is 0 Å². The average Bonchev–Trinajstić information content (AvgIpc) is 2.74. The Bertz CT molecular complexity index is 306. The van der Waals surface area contributed by atoms with Crippen LogP contribution in [0.25, 0.3) is 0 Å². The number of hydrogen-bond donors (Lipinski definition) is 1. The van der Waals surface area contributed by atoms with Gasteiger partial charge in [-0.1, -0.05) is 20.8 Å². The highest BCUT2D eigenvalue weighted by molar-refractivity contribution is 7.09. The highest BCUT2D eigenvalue weighted by Gasteiger charge is 2.32. The highest BCUT2D eigenvalue weighted by Crippen LogP contribution is 2.26. The molecule has 0 aromatic carbocycles. The lowest BCUT2D eigenvalue weighted by atomic mass is 9.83. The lowest BCUT2D eigenvalue weighted by molar-refractivity contribution is -0.0340. The van der Waals surface area contributed by atoms with Crippen molar-refractivity contribution in [3.8, 4) is 0 Å². The Morgan fingerprint density at radius 2 is 2.18 bits per heavy atom. The van der Waals surface area contributed by atoms with E-state index in [1.807, 2.05) is 18.6 Å². The van der Waals surface area contributed by atoms with Crippen molar-refractivity contribution in [3.63, 3.8) is 0 Å². The Labute approximate surface area is 109 Å². The number of rotatable bonds is 6. The van der Waals surface area contributed by atoms with Crippen molar-refractivity contribution < 1.29 is 4.74 Å². The minimum atomic E-state index is 0.126. The van der Waals surface area contributed by atoms with Crippen LogP contribution in [0.5, 0.6) is 0 Å². The normalized spacial score (nSPS) is 15.8. The fourth-order valence-corrected chi connectivity index (χ4v) is 2.73. The van der Waals surface area contributed by atoms with Crippen molar-refractivity contribution in [1.29, 1.82) is 0 Å². The van der Waals surface area contributed by atoms with Gasteiger partial charge in [-0.2, -0.15) is 0 Å². The molecule has 0 aliphatic heterocycles. The van der Waals surface area contributed by atoms with Crippen molar-refractivity contribution in [2.45, 2.75) is 46.3 Å². The van der Waals surface area contributed by atoms with Crippen molar-refractivity contribution in [2.75, 3.05) is 13.7 Å². The molecule has 17 heavy (non-hydrogen) atoms. The van der Waals surface area contributed by atoms with Crippen LogP contribution >= 0.6 is 11.3 Å². The molecule has 0 saturated heterocycles. The topological polar surface area (TPSA) is 34.1 Å². The van der Waals surface area contributed by atoms with E-state index in [1.165, 1.54) is 5.01 Å². The van der Waals surface area contributed by atoms with E-state index < -0.39 is 0 Å². The van der Waals surface area contributed by atoms with E-state index in [-0.39, 0.29) is 11.5 Å². The number of ether oxygens (including phenoxy) is 1. The molecule has 0 amide bonds. The van der Waals surface area contributed by atoms with Gasteiger partial charge in [0.05, 0.1) is 11.1 Å². The first-order chi connectivity index (χ1) is 7.99. The number of nitrogens with zero attached hydrogens (tertiary/aromatic N) is 1. The third kappa shape index (κ3) is 4.37. The van der Waals surface area contributed by atoms with Crippen molar-refractivity contribution in [3.05, 3.63) is 16.6 Å². The van der Waals surface area contributed by atoms with Gasteiger partial charge in [-0.3, -0.25) is 0 Å². The summed E-state index contributed by atoms with van der Waals surface area (Å²) in [5, 5.41) is 6.56. The third-order valence-corrected chi connectivity index (χ3v) is 3.62. The summed E-state index contributed by atoms with van der Waals surface area (Å²) in [6.07, 6.45) is 2.98.